The number of benzene rings is 3. The number of ether oxygens (including phenoxy) is 1. The van der Waals surface area contributed by atoms with Crippen molar-refractivity contribution in [1.29, 1.82) is 0 Å². The average Bonchev–Trinajstić information content (AvgIpc) is 2.63. The van der Waals surface area contributed by atoms with Gasteiger partial charge in [0.15, 0.2) is 10.7 Å². The molecule has 5 heteroatoms. The summed E-state index contributed by atoms with van der Waals surface area (Å²) in [6, 6.07) is 23.1. The van der Waals surface area contributed by atoms with Gasteiger partial charge in [-0.1, -0.05) is 64.5 Å². The van der Waals surface area contributed by atoms with Crippen molar-refractivity contribution in [3.63, 3.8) is 0 Å². The molecule has 0 spiro atoms. The zero-order chi connectivity index (χ0) is 17.6. The SMILES string of the molecule is O=[SH](=O)c1ccc(Cc2ccc(OCc3ccccc3)cc2)c(Br)c1. The summed E-state index contributed by atoms with van der Waals surface area (Å²) in [4.78, 5) is 0.315. The summed E-state index contributed by atoms with van der Waals surface area (Å²) >= 11 is 3.45. The molecule has 0 saturated carbocycles. The third kappa shape index (κ3) is 4.94. The lowest BCUT2D eigenvalue weighted by Gasteiger charge is -2.09. The molecule has 3 aromatic carbocycles. The maximum Gasteiger partial charge on any atom is 0.168 e. The van der Waals surface area contributed by atoms with Crippen LogP contribution < -0.4 is 4.74 Å². The van der Waals surface area contributed by atoms with E-state index in [0.29, 0.717) is 11.5 Å². The van der Waals surface area contributed by atoms with Gasteiger partial charge in [0.2, 0.25) is 0 Å². The van der Waals surface area contributed by atoms with Crippen LogP contribution >= 0.6 is 15.9 Å². The highest BCUT2D eigenvalue weighted by Crippen LogP contribution is 2.23. The third-order valence-electron chi connectivity index (χ3n) is 3.81. The van der Waals surface area contributed by atoms with E-state index in [1.54, 1.807) is 12.1 Å². The number of thiol groups is 1. The van der Waals surface area contributed by atoms with E-state index in [1.807, 2.05) is 60.7 Å². The van der Waals surface area contributed by atoms with Crippen LogP contribution in [0.2, 0.25) is 0 Å². The molecular formula is C20H17BrO3S. The molecule has 0 aromatic heterocycles. The highest BCUT2D eigenvalue weighted by molar-refractivity contribution is 9.10. The van der Waals surface area contributed by atoms with Gasteiger partial charge in [0, 0.05) is 4.47 Å². The van der Waals surface area contributed by atoms with E-state index in [0.717, 1.165) is 33.3 Å². The second kappa shape index (κ2) is 8.32. The predicted octanol–water partition coefficient (Wildman–Crippen LogP) is 4.59. The third-order valence-corrected chi connectivity index (χ3v) is 5.25. The van der Waals surface area contributed by atoms with Crippen LogP contribution in [-0.2, 0) is 23.7 Å². The molecule has 0 heterocycles. The van der Waals surface area contributed by atoms with E-state index in [-0.39, 0.29) is 0 Å². The van der Waals surface area contributed by atoms with E-state index in [2.05, 4.69) is 15.9 Å². The summed E-state index contributed by atoms with van der Waals surface area (Å²) < 4.78 is 28.6. The van der Waals surface area contributed by atoms with Gasteiger partial charge in [0.1, 0.15) is 12.4 Å². The fraction of sp³-hybridized carbons (Fsp3) is 0.100. The van der Waals surface area contributed by atoms with Crippen LogP contribution in [0.5, 0.6) is 5.75 Å². The van der Waals surface area contributed by atoms with E-state index in [9.17, 15) is 8.42 Å². The Bertz CT molecular complexity index is 911. The normalized spacial score (nSPS) is 10.8. The van der Waals surface area contributed by atoms with Crippen molar-refractivity contribution in [3.05, 3.63) is 94.0 Å². The highest BCUT2D eigenvalue weighted by atomic mass is 79.9. The second-order valence-corrected chi connectivity index (χ2v) is 7.51. The van der Waals surface area contributed by atoms with Crippen molar-refractivity contribution in [2.24, 2.45) is 0 Å². The van der Waals surface area contributed by atoms with Crippen LogP contribution in [0.25, 0.3) is 0 Å². The first-order chi connectivity index (χ1) is 12.1. The van der Waals surface area contributed by atoms with Crippen LogP contribution in [0, 0.1) is 0 Å². The van der Waals surface area contributed by atoms with E-state index in [1.165, 1.54) is 0 Å². The molecular weight excluding hydrogens is 400 g/mol. The van der Waals surface area contributed by atoms with Crippen LogP contribution in [0.1, 0.15) is 16.7 Å². The molecule has 0 bridgehead atoms. The Labute approximate surface area is 157 Å². The Kier molecular flexibility index (Phi) is 5.89. The Morgan fingerprint density at radius 1 is 0.840 bits per heavy atom. The van der Waals surface area contributed by atoms with Crippen molar-refractivity contribution in [2.75, 3.05) is 0 Å². The first-order valence-electron chi connectivity index (χ1n) is 7.80. The van der Waals surface area contributed by atoms with Gasteiger partial charge in [-0.3, -0.25) is 0 Å². The first-order valence-corrected chi connectivity index (χ1v) is 9.77. The predicted molar refractivity (Wildman–Crippen MR) is 103 cm³/mol. The molecule has 0 saturated heterocycles. The molecule has 0 amide bonds. The lowest BCUT2D eigenvalue weighted by Crippen LogP contribution is -1.96. The van der Waals surface area contributed by atoms with Crippen molar-refractivity contribution < 1.29 is 13.2 Å². The van der Waals surface area contributed by atoms with Crippen molar-refractivity contribution in [3.8, 4) is 5.75 Å². The lowest BCUT2D eigenvalue weighted by atomic mass is 10.1. The van der Waals surface area contributed by atoms with Crippen LogP contribution in [0.3, 0.4) is 0 Å². The molecule has 0 N–H and O–H groups in total. The molecule has 0 unspecified atom stereocenters. The van der Waals surface area contributed by atoms with E-state index in [4.69, 9.17) is 4.74 Å². The molecule has 0 aliphatic carbocycles. The van der Waals surface area contributed by atoms with Gasteiger partial charge in [-0.05, 0) is 47.4 Å². The van der Waals surface area contributed by atoms with Gasteiger partial charge in [0.05, 0.1) is 4.90 Å². The average molecular weight is 417 g/mol. The molecule has 0 aliphatic rings. The quantitative estimate of drug-likeness (QED) is 0.597. The fourth-order valence-corrected chi connectivity index (χ4v) is 3.58. The monoisotopic (exact) mass is 416 g/mol. The number of hydrogen-bond donors (Lipinski definition) is 1. The van der Waals surface area contributed by atoms with Gasteiger partial charge in [-0.2, -0.15) is 0 Å². The largest absolute Gasteiger partial charge is 0.489 e. The van der Waals surface area contributed by atoms with Crippen molar-refractivity contribution in [2.45, 2.75) is 17.9 Å². The summed E-state index contributed by atoms with van der Waals surface area (Å²) in [6.07, 6.45) is 0.718. The maximum absolute atomic E-state index is 11.0. The molecule has 3 rings (SSSR count). The molecule has 0 atom stereocenters. The minimum absolute atomic E-state index is 0.315. The summed E-state index contributed by atoms with van der Waals surface area (Å²) in [5.41, 5.74) is 3.30. The van der Waals surface area contributed by atoms with Crippen LogP contribution in [0.15, 0.2) is 82.2 Å². The van der Waals surface area contributed by atoms with Gasteiger partial charge < -0.3 is 4.74 Å². The second-order valence-electron chi connectivity index (χ2n) is 5.63. The molecule has 3 aromatic rings. The molecule has 128 valence electrons. The van der Waals surface area contributed by atoms with E-state index < -0.39 is 10.7 Å². The summed E-state index contributed by atoms with van der Waals surface area (Å²) in [5.74, 6) is 0.824. The standard InChI is InChI=1S/C20H17BrO3S/c21-20-13-19(25(22)23)11-8-17(20)12-15-6-9-18(10-7-15)24-14-16-4-2-1-3-5-16/h1-11,13,25H,12,14H2. The minimum Gasteiger partial charge on any atom is -0.489 e. The molecule has 0 radical (unpaired) electrons. The lowest BCUT2D eigenvalue weighted by molar-refractivity contribution is 0.306. The molecule has 0 aliphatic heterocycles. The molecule has 25 heavy (non-hydrogen) atoms. The Morgan fingerprint density at radius 2 is 1.56 bits per heavy atom. The highest BCUT2D eigenvalue weighted by Gasteiger charge is 2.05. The fourth-order valence-electron chi connectivity index (χ4n) is 2.46. The maximum atomic E-state index is 11.0. The first kappa shape index (κ1) is 17.7. The van der Waals surface area contributed by atoms with Gasteiger partial charge in [-0.15, -0.1) is 0 Å². The Hall–Kier alpha value is -2.11. The zero-order valence-corrected chi connectivity index (χ0v) is 15.9. The van der Waals surface area contributed by atoms with Gasteiger partial charge in [0.25, 0.3) is 0 Å². The topological polar surface area (TPSA) is 43.4 Å². The Balaban J connectivity index is 1.64. The number of halogens is 1. The summed E-state index contributed by atoms with van der Waals surface area (Å²) in [7, 11) is -2.56. The zero-order valence-electron chi connectivity index (χ0n) is 13.4. The summed E-state index contributed by atoms with van der Waals surface area (Å²) in [5, 5.41) is 0. The van der Waals surface area contributed by atoms with Gasteiger partial charge >= 0.3 is 0 Å². The van der Waals surface area contributed by atoms with Gasteiger partial charge in [-0.25, -0.2) is 8.42 Å². The van der Waals surface area contributed by atoms with Crippen LogP contribution in [0.4, 0.5) is 0 Å². The number of hydrogen-bond acceptors (Lipinski definition) is 3. The van der Waals surface area contributed by atoms with E-state index >= 15 is 0 Å². The molecule has 0 fully saturated rings. The molecule has 3 nitrogen and oxygen atoms in total. The smallest absolute Gasteiger partial charge is 0.168 e. The Morgan fingerprint density at radius 3 is 2.20 bits per heavy atom. The summed E-state index contributed by atoms with van der Waals surface area (Å²) in [6.45, 7) is 0.542. The number of rotatable bonds is 6. The minimum atomic E-state index is -2.56. The van der Waals surface area contributed by atoms with Crippen molar-refractivity contribution in [1.82, 2.24) is 0 Å². The van der Waals surface area contributed by atoms with Crippen LogP contribution in [-0.4, -0.2) is 8.42 Å². The van der Waals surface area contributed by atoms with Crippen molar-refractivity contribution >= 4 is 26.6 Å².